The van der Waals surface area contributed by atoms with Gasteiger partial charge in [0, 0.05) is 38.6 Å². The zero-order valence-corrected chi connectivity index (χ0v) is 19.9. The molecule has 0 aromatic heterocycles. The standard InChI is InChI=1S/C29H36FN3O/c30-28-14-8-7-13-26(28)22-27(15-16-31)32-17-19-33(20-18-32)29(21-24-9-3-1-4-10-24)34-23-25-11-5-2-6-12-25/h1-14,27,29H,15-23,31H2/t27?,29-/m0/s1. The van der Waals surface area contributed by atoms with Gasteiger partial charge in [-0.25, -0.2) is 4.39 Å². The Kier molecular flexibility index (Phi) is 9.22. The van der Waals surface area contributed by atoms with Gasteiger partial charge in [0.2, 0.25) is 0 Å². The molecule has 1 heterocycles. The second-order valence-corrected chi connectivity index (χ2v) is 9.04. The molecule has 34 heavy (non-hydrogen) atoms. The van der Waals surface area contributed by atoms with Gasteiger partial charge in [0.15, 0.2) is 0 Å². The van der Waals surface area contributed by atoms with Crippen LogP contribution in [0.25, 0.3) is 0 Å². The van der Waals surface area contributed by atoms with Crippen LogP contribution in [-0.2, 0) is 24.2 Å². The summed E-state index contributed by atoms with van der Waals surface area (Å²) in [6.07, 6.45) is 2.44. The lowest BCUT2D eigenvalue weighted by Gasteiger charge is -2.42. The number of nitrogens with two attached hydrogens (primary N) is 1. The number of hydrogen-bond donors (Lipinski definition) is 1. The summed E-state index contributed by atoms with van der Waals surface area (Å²) in [5.74, 6) is -0.125. The first-order chi connectivity index (χ1) is 16.7. The predicted molar refractivity (Wildman–Crippen MR) is 136 cm³/mol. The van der Waals surface area contributed by atoms with E-state index in [1.165, 1.54) is 11.1 Å². The van der Waals surface area contributed by atoms with Crippen molar-refractivity contribution < 1.29 is 9.13 Å². The molecule has 1 unspecified atom stereocenters. The molecule has 4 rings (SSSR count). The number of halogens is 1. The molecule has 3 aromatic rings. The molecule has 5 heteroatoms. The number of hydrogen-bond acceptors (Lipinski definition) is 4. The maximum Gasteiger partial charge on any atom is 0.126 e. The fraction of sp³-hybridized carbons (Fsp3) is 0.379. The van der Waals surface area contributed by atoms with E-state index in [4.69, 9.17) is 10.5 Å². The van der Waals surface area contributed by atoms with Gasteiger partial charge in [-0.05, 0) is 42.1 Å². The fourth-order valence-corrected chi connectivity index (χ4v) is 4.79. The van der Waals surface area contributed by atoms with Gasteiger partial charge in [0.1, 0.15) is 12.0 Å². The Labute approximate surface area is 203 Å². The first kappa shape index (κ1) is 24.6. The maximum absolute atomic E-state index is 14.3. The highest BCUT2D eigenvalue weighted by molar-refractivity contribution is 5.19. The summed E-state index contributed by atoms with van der Waals surface area (Å²) in [5.41, 5.74) is 9.18. The Morgan fingerprint density at radius 2 is 1.32 bits per heavy atom. The smallest absolute Gasteiger partial charge is 0.126 e. The summed E-state index contributed by atoms with van der Waals surface area (Å²) in [4.78, 5) is 4.93. The average molecular weight is 462 g/mol. The second kappa shape index (κ2) is 12.8. The minimum absolute atomic E-state index is 0.0179. The van der Waals surface area contributed by atoms with E-state index in [2.05, 4.69) is 64.4 Å². The first-order valence-corrected chi connectivity index (χ1v) is 12.3. The molecule has 2 atom stereocenters. The first-order valence-electron chi connectivity index (χ1n) is 12.3. The Morgan fingerprint density at radius 3 is 1.97 bits per heavy atom. The topological polar surface area (TPSA) is 41.7 Å². The van der Waals surface area contributed by atoms with Crippen LogP contribution in [0.4, 0.5) is 4.39 Å². The summed E-state index contributed by atoms with van der Waals surface area (Å²) in [6.45, 7) is 4.91. The van der Waals surface area contributed by atoms with E-state index < -0.39 is 0 Å². The van der Waals surface area contributed by atoms with Gasteiger partial charge in [0.05, 0.1) is 6.61 Å². The van der Waals surface area contributed by atoms with Crippen LogP contribution in [0.2, 0.25) is 0 Å². The van der Waals surface area contributed by atoms with Gasteiger partial charge < -0.3 is 10.5 Å². The zero-order chi connectivity index (χ0) is 23.6. The number of ether oxygens (including phenoxy) is 1. The van der Waals surface area contributed by atoms with Crippen molar-refractivity contribution in [2.24, 2.45) is 5.73 Å². The van der Waals surface area contributed by atoms with Gasteiger partial charge >= 0.3 is 0 Å². The van der Waals surface area contributed by atoms with Gasteiger partial charge in [-0.15, -0.1) is 0 Å². The van der Waals surface area contributed by atoms with Crippen molar-refractivity contribution in [2.75, 3.05) is 32.7 Å². The normalized spacial score (nSPS) is 16.9. The van der Waals surface area contributed by atoms with Crippen LogP contribution in [0.3, 0.4) is 0 Å². The minimum atomic E-state index is -0.125. The molecule has 1 fully saturated rings. The Hall–Kier alpha value is -2.57. The molecular formula is C29H36FN3O. The Morgan fingerprint density at radius 1 is 0.735 bits per heavy atom. The van der Waals surface area contributed by atoms with E-state index in [1.54, 1.807) is 12.1 Å². The van der Waals surface area contributed by atoms with Crippen LogP contribution in [0.1, 0.15) is 23.1 Å². The summed E-state index contributed by atoms with van der Waals surface area (Å²) in [7, 11) is 0. The Balaban J connectivity index is 1.39. The molecular weight excluding hydrogens is 425 g/mol. The molecule has 180 valence electrons. The SMILES string of the molecule is NCCC(Cc1ccccc1F)N1CCN([C@H](Cc2ccccc2)OCc2ccccc2)CC1. The highest BCUT2D eigenvalue weighted by atomic mass is 19.1. The third-order valence-electron chi connectivity index (χ3n) is 6.72. The zero-order valence-electron chi connectivity index (χ0n) is 19.9. The number of benzene rings is 3. The van der Waals surface area contributed by atoms with E-state index in [0.717, 1.165) is 44.6 Å². The molecule has 1 aliphatic heterocycles. The van der Waals surface area contributed by atoms with E-state index in [9.17, 15) is 4.39 Å². The molecule has 0 radical (unpaired) electrons. The monoisotopic (exact) mass is 461 g/mol. The van der Waals surface area contributed by atoms with Crippen molar-refractivity contribution >= 4 is 0 Å². The van der Waals surface area contributed by atoms with Crippen molar-refractivity contribution in [3.8, 4) is 0 Å². The lowest BCUT2D eigenvalue weighted by atomic mass is 10.0. The quantitative estimate of drug-likeness (QED) is 0.457. The molecule has 0 aliphatic carbocycles. The Bertz CT molecular complexity index is 977. The second-order valence-electron chi connectivity index (χ2n) is 9.04. The molecule has 0 spiro atoms. The van der Waals surface area contributed by atoms with E-state index in [1.807, 2.05) is 18.2 Å². The van der Waals surface area contributed by atoms with E-state index in [0.29, 0.717) is 19.6 Å². The van der Waals surface area contributed by atoms with Crippen LogP contribution in [0, 0.1) is 5.82 Å². The highest BCUT2D eigenvalue weighted by Crippen LogP contribution is 2.20. The van der Waals surface area contributed by atoms with Gasteiger partial charge in [-0.2, -0.15) is 0 Å². The summed E-state index contributed by atoms with van der Waals surface area (Å²) < 4.78 is 20.7. The molecule has 3 aromatic carbocycles. The van der Waals surface area contributed by atoms with E-state index >= 15 is 0 Å². The molecule has 2 N–H and O–H groups in total. The van der Waals surface area contributed by atoms with Crippen molar-refractivity contribution in [1.29, 1.82) is 0 Å². The number of rotatable bonds is 11. The van der Waals surface area contributed by atoms with Crippen molar-refractivity contribution in [3.63, 3.8) is 0 Å². The highest BCUT2D eigenvalue weighted by Gasteiger charge is 2.28. The number of piperazine rings is 1. The van der Waals surface area contributed by atoms with Gasteiger partial charge in [-0.3, -0.25) is 9.80 Å². The third kappa shape index (κ3) is 6.97. The minimum Gasteiger partial charge on any atom is -0.358 e. The molecule has 4 nitrogen and oxygen atoms in total. The summed E-state index contributed by atoms with van der Waals surface area (Å²) in [5, 5.41) is 0. The molecule has 0 bridgehead atoms. The van der Waals surface area contributed by atoms with Crippen LogP contribution >= 0.6 is 0 Å². The summed E-state index contributed by atoms with van der Waals surface area (Å²) >= 11 is 0. The van der Waals surface area contributed by atoms with Gasteiger partial charge in [-0.1, -0.05) is 78.9 Å². The third-order valence-corrected chi connectivity index (χ3v) is 6.72. The van der Waals surface area contributed by atoms with Crippen LogP contribution in [-0.4, -0.2) is 54.8 Å². The average Bonchev–Trinajstić information content (AvgIpc) is 2.89. The molecule has 0 amide bonds. The van der Waals surface area contributed by atoms with Gasteiger partial charge in [0.25, 0.3) is 0 Å². The lowest BCUT2D eigenvalue weighted by molar-refractivity contribution is -0.0871. The molecule has 1 aliphatic rings. The van der Waals surface area contributed by atoms with Crippen molar-refractivity contribution in [2.45, 2.75) is 38.1 Å². The van der Waals surface area contributed by atoms with E-state index in [-0.39, 0.29) is 18.1 Å². The molecule has 1 saturated heterocycles. The maximum atomic E-state index is 14.3. The molecule has 0 saturated carbocycles. The largest absolute Gasteiger partial charge is 0.358 e. The van der Waals surface area contributed by atoms with Crippen LogP contribution < -0.4 is 5.73 Å². The van der Waals surface area contributed by atoms with Crippen LogP contribution in [0.15, 0.2) is 84.9 Å². The van der Waals surface area contributed by atoms with Crippen molar-refractivity contribution in [1.82, 2.24) is 9.80 Å². The lowest BCUT2D eigenvalue weighted by Crippen LogP contribution is -2.54. The summed E-state index contributed by atoms with van der Waals surface area (Å²) in [6, 6.07) is 28.3. The van der Waals surface area contributed by atoms with Crippen molar-refractivity contribution in [3.05, 3.63) is 107 Å². The number of nitrogens with zero attached hydrogens (tertiary/aromatic N) is 2. The van der Waals surface area contributed by atoms with Crippen LogP contribution in [0.5, 0.6) is 0 Å². The predicted octanol–water partition coefficient (Wildman–Crippen LogP) is 4.49. The fourth-order valence-electron chi connectivity index (χ4n) is 4.79.